The molecule has 0 fully saturated rings. The molecule has 0 aliphatic carbocycles. The van der Waals surface area contributed by atoms with Gasteiger partial charge >= 0.3 is 0 Å². The van der Waals surface area contributed by atoms with E-state index in [1.54, 1.807) is 60.7 Å². The lowest BCUT2D eigenvalue weighted by atomic mass is 10.2. The number of rotatable bonds is 8. The molecule has 0 atom stereocenters. The van der Waals surface area contributed by atoms with Gasteiger partial charge in [-0.15, -0.1) is 11.3 Å². The molecule has 3 aromatic rings. The summed E-state index contributed by atoms with van der Waals surface area (Å²) < 4.78 is 24.7. The van der Waals surface area contributed by atoms with Crippen molar-refractivity contribution >= 4 is 29.2 Å². The Balaban J connectivity index is 1.46. The van der Waals surface area contributed by atoms with Crippen molar-refractivity contribution in [3.8, 4) is 21.9 Å². The smallest absolute Gasteiger partial charge is 0.276 e. The first-order valence-corrected chi connectivity index (χ1v) is 10.3. The Morgan fingerprint density at radius 1 is 0.968 bits per heavy atom. The van der Waals surface area contributed by atoms with Gasteiger partial charge in [0.05, 0.1) is 6.61 Å². The molecule has 3 rings (SSSR count). The van der Waals surface area contributed by atoms with Crippen LogP contribution in [0.1, 0.15) is 11.8 Å². The number of halogens is 1. The van der Waals surface area contributed by atoms with Gasteiger partial charge in [-0.05, 0) is 43.3 Å². The Hall–Kier alpha value is -3.65. The first-order valence-electron chi connectivity index (χ1n) is 9.53. The van der Waals surface area contributed by atoms with Crippen LogP contribution in [0.4, 0.5) is 4.39 Å². The van der Waals surface area contributed by atoms with Crippen molar-refractivity contribution in [3.05, 3.63) is 77.4 Å². The molecule has 2 amide bonds. The molecular weight excluding hydrogens is 419 g/mol. The molecule has 0 unspecified atom stereocenters. The summed E-state index contributed by atoms with van der Waals surface area (Å²) in [5, 5.41) is 0. The predicted octanol–water partition coefficient (Wildman–Crippen LogP) is 4.19. The van der Waals surface area contributed by atoms with E-state index < -0.39 is 11.8 Å². The quantitative estimate of drug-likeness (QED) is 0.407. The molecular formula is C23H21FN2O4S. The average Bonchev–Trinajstić information content (AvgIpc) is 3.25. The lowest BCUT2D eigenvalue weighted by Gasteiger charge is -2.11. The van der Waals surface area contributed by atoms with Gasteiger partial charge in [0.2, 0.25) is 0 Å². The van der Waals surface area contributed by atoms with Crippen molar-refractivity contribution in [2.45, 2.75) is 6.92 Å². The molecule has 2 aromatic carbocycles. The second kappa shape index (κ2) is 10.9. The molecule has 1 aromatic heterocycles. The summed E-state index contributed by atoms with van der Waals surface area (Å²) in [7, 11) is 0. The van der Waals surface area contributed by atoms with Gasteiger partial charge in [-0.1, -0.05) is 30.3 Å². The average molecular weight is 440 g/mol. The molecule has 0 spiro atoms. The van der Waals surface area contributed by atoms with Gasteiger partial charge in [0.25, 0.3) is 11.8 Å². The molecule has 0 aliphatic rings. The highest BCUT2D eigenvalue weighted by Crippen LogP contribution is 2.30. The summed E-state index contributed by atoms with van der Waals surface area (Å²) in [5.41, 5.74) is 5.07. The third kappa shape index (κ3) is 6.42. The number of ether oxygens (including phenoxy) is 2. The Morgan fingerprint density at radius 2 is 1.68 bits per heavy atom. The fraction of sp³-hybridized carbons (Fsp3) is 0.130. The number of hydrogen-bond acceptors (Lipinski definition) is 5. The first kappa shape index (κ1) is 22.0. The third-order valence-corrected chi connectivity index (χ3v) is 5.08. The summed E-state index contributed by atoms with van der Waals surface area (Å²) in [6, 6.07) is 17.1. The SMILES string of the molecule is CCOc1ccccc1OCC(=O)NNC(=O)C=Cc1ccc(-c2ccccc2F)s1. The van der Waals surface area contributed by atoms with Gasteiger partial charge in [0.1, 0.15) is 5.82 Å². The van der Waals surface area contributed by atoms with E-state index in [1.165, 1.54) is 23.5 Å². The van der Waals surface area contributed by atoms with E-state index in [9.17, 15) is 14.0 Å². The maximum atomic E-state index is 13.9. The molecule has 31 heavy (non-hydrogen) atoms. The largest absolute Gasteiger partial charge is 0.490 e. The molecule has 6 nitrogen and oxygen atoms in total. The molecule has 0 saturated heterocycles. The van der Waals surface area contributed by atoms with Gasteiger partial charge in [-0.3, -0.25) is 20.4 Å². The van der Waals surface area contributed by atoms with Crippen molar-refractivity contribution in [2.75, 3.05) is 13.2 Å². The molecule has 160 valence electrons. The normalized spacial score (nSPS) is 10.6. The predicted molar refractivity (Wildman–Crippen MR) is 118 cm³/mol. The van der Waals surface area contributed by atoms with Crippen LogP contribution in [-0.4, -0.2) is 25.0 Å². The lowest BCUT2D eigenvalue weighted by molar-refractivity contribution is -0.128. The van der Waals surface area contributed by atoms with Crippen LogP contribution in [0.2, 0.25) is 0 Å². The fourth-order valence-corrected chi connectivity index (χ4v) is 3.54. The van der Waals surface area contributed by atoms with Crippen molar-refractivity contribution in [2.24, 2.45) is 0 Å². The van der Waals surface area contributed by atoms with Gasteiger partial charge in [-0.25, -0.2) is 4.39 Å². The standard InChI is InChI=1S/C23H21FN2O4S/c1-2-29-19-9-5-6-10-20(19)30-15-23(28)26-25-22(27)14-12-16-11-13-21(31-16)17-7-3-4-8-18(17)24/h3-14H,2,15H2,1H3,(H,25,27)(H,26,28). The van der Waals surface area contributed by atoms with E-state index in [0.29, 0.717) is 23.7 Å². The number of hydrogen-bond donors (Lipinski definition) is 2. The van der Waals surface area contributed by atoms with Gasteiger partial charge < -0.3 is 9.47 Å². The summed E-state index contributed by atoms with van der Waals surface area (Å²) in [5.74, 6) is -0.356. The maximum absolute atomic E-state index is 13.9. The highest BCUT2D eigenvalue weighted by atomic mass is 32.1. The zero-order valence-electron chi connectivity index (χ0n) is 16.8. The van der Waals surface area contributed by atoms with Crippen LogP contribution in [0, 0.1) is 5.82 Å². The summed E-state index contributed by atoms with van der Waals surface area (Å²) in [6.07, 6.45) is 2.87. The maximum Gasteiger partial charge on any atom is 0.276 e. The van der Waals surface area contributed by atoms with E-state index in [4.69, 9.17) is 9.47 Å². The molecule has 0 aliphatic heterocycles. The van der Waals surface area contributed by atoms with Crippen molar-refractivity contribution in [3.63, 3.8) is 0 Å². The monoisotopic (exact) mass is 440 g/mol. The highest BCUT2D eigenvalue weighted by Gasteiger charge is 2.09. The lowest BCUT2D eigenvalue weighted by Crippen LogP contribution is -2.43. The summed E-state index contributed by atoms with van der Waals surface area (Å²) in [4.78, 5) is 25.4. The summed E-state index contributed by atoms with van der Waals surface area (Å²) >= 11 is 1.35. The van der Waals surface area contributed by atoms with Crippen LogP contribution in [0.25, 0.3) is 16.5 Å². The number of benzene rings is 2. The Morgan fingerprint density at radius 3 is 2.42 bits per heavy atom. The molecule has 2 N–H and O–H groups in total. The number of carbonyl (C=O) groups excluding carboxylic acids is 2. The minimum atomic E-state index is -0.522. The zero-order valence-corrected chi connectivity index (χ0v) is 17.6. The fourth-order valence-electron chi connectivity index (χ4n) is 2.60. The van der Waals surface area contributed by atoms with Gasteiger partial charge in [0, 0.05) is 21.4 Å². The van der Waals surface area contributed by atoms with E-state index in [0.717, 1.165) is 9.75 Å². The molecule has 8 heteroatoms. The van der Waals surface area contributed by atoms with Crippen LogP contribution in [0.15, 0.2) is 66.7 Å². The molecule has 0 bridgehead atoms. The van der Waals surface area contributed by atoms with Crippen molar-refractivity contribution < 1.29 is 23.5 Å². The number of carbonyl (C=O) groups is 2. The van der Waals surface area contributed by atoms with E-state index in [-0.39, 0.29) is 12.4 Å². The topological polar surface area (TPSA) is 76.7 Å². The van der Waals surface area contributed by atoms with E-state index >= 15 is 0 Å². The van der Waals surface area contributed by atoms with E-state index in [2.05, 4.69) is 10.9 Å². The second-order valence-corrected chi connectivity index (χ2v) is 7.34. The minimum absolute atomic E-state index is 0.287. The summed E-state index contributed by atoms with van der Waals surface area (Å²) in [6.45, 7) is 2.04. The Labute approximate surface area is 183 Å². The minimum Gasteiger partial charge on any atom is -0.490 e. The Kier molecular flexibility index (Phi) is 7.78. The molecule has 0 radical (unpaired) electrons. The number of para-hydroxylation sites is 2. The number of amides is 2. The third-order valence-electron chi connectivity index (χ3n) is 4.00. The van der Waals surface area contributed by atoms with Crippen molar-refractivity contribution in [1.29, 1.82) is 0 Å². The highest BCUT2D eigenvalue weighted by molar-refractivity contribution is 7.16. The Bertz CT molecular complexity index is 1080. The zero-order chi connectivity index (χ0) is 22.1. The van der Waals surface area contributed by atoms with Crippen LogP contribution in [0.5, 0.6) is 11.5 Å². The van der Waals surface area contributed by atoms with E-state index in [1.807, 2.05) is 6.92 Å². The van der Waals surface area contributed by atoms with Crippen LogP contribution < -0.4 is 20.3 Å². The second-order valence-electron chi connectivity index (χ2n) is 6.22. The van der Waals surface area contributed by atoms with Crippen molar-refractivity contribution in [1.82, 2.24) is 10.9 Å². The molecule has 0 saturated carbocycles. The first-order chi connectivity index (χ1) is 15.1. The number of nitrogens with one attached hydrogen (secondary N) is 2. The van der Waals surface area contributed by atoms with Gasteiger partial charge in [-0.2, -0.15) is 0 Å². The van der Waals surface area contributed by atoms with Crippen LogP contribution in [0.3, 0.4) is 0 Å². The van der Waals surface area contributed by atoms with Crippen LogP contribution >= 0.6 is 11.3 Å². The van der Waals surface area contributed by atoms with Gasteiger partial charge in [0.15, 0.2) is 18.1 Å². The number of thiophene rings is 1. The van der Waals surface area contributed by atoms with Crippen LogP contribution in [-0.2, 0) is 9.59 Å². The molecule has 1 heterocycles. The number of hydrazine groups is 1.